The standard InChI is InChI=1S/C10H11ClN2O/c1-10(13,6-12)7-3-4-9(14-2)8(11)5-7/h3-5H,13H2,1-2H3/t10-/m1/s1. The highest BCUT2D eigenvalue weighted by Gasteiger charge is 2.21. The molecule has 0 amide bonds. The molecule has 0 heterocycles. The molecule has 1 atom stereocenters. The predicted octanol–water partition coefficient (Wildman–Crippen LogP) is 2.05. The molecule has 1 rings (SSSR count). The van der Waals surface area contributed by atoms with Gasteiger partial charge in [-0.15, -0.1) is 0 Å². The van der Waals surface area contributed by atoms with Crippen LogP contribution < -0.4 is 10.5 Å². The summed E-state index contributed by atoms with van der Waals surface area (Å²) in [5, 5.41) is 9.27. The average molecular weight is 211 g/mol. The first-order chi connectivity index (χ1) is 6.51. The van der Waals surface area contributed by atoms with E-state index >= 15 is 0 Å². The van der Waals surface area contributed by atoms with Crippen molar-refractivity contribution >= 4 is 11.6 Å². The van der Waals surface area contributed by atoms with Crippen molar-refractivity contribution in [2.45, 2.75) is 12.5 Å². The minimum Gasteiger partial charge on any atom is -0.495 e. The summed E-state index contributed by atoms with van der Waals surface area (Å²) >= 11 is 5.90. The molecule has 3 nitrogen and oxygen atoms in total. The van der Waals surface area contributed by atoms with Crippen molar-refractivity contribution in [3.8, 4) is 11.8 Å². The van der Waals surface area contributed by atoms with Gasteiger partial charge in [-0.05, 0) is 24.6 Å². The van der Waals surface area contributed by atoms with Crippen LogP contribution in [0.15, 0.2) is 18.2 Å². The number of nitrogens with zero attached hydrogens (tertiary/aromatic N) is 1. The Morgan fingerprint density at radius 2 is 2.21 bits per heavy atom. The van der Waals surface area contributed by atoms with E-state index in [1.54, 1.807) is 25.1 Å². The topological polar surface area (TPSA) is 59.0 Å². The van der Waals surface area contributed by atoms with E-state index in [9.17, 15) is 0 Å². The Morgan fingerprint density at radius 1 is 1.57 bits per heavy atom. The highest BCUT2D eigenvalue weighted by Crippen LogP contribution is 2.28. The maximum absolute atomic E-state index is 8.82. The first-order valence-corrected chi connectivity index (χ1v) is 4.43. The number of nitriles is 1. The average Bonchev–Trinajstić information content (AvgIpc) is 2.17. The Labute approximate surface area is 88.0 Å². The van der Waals surface area contributed by atoms with Crippen LogP contribution in [-0.2, 0) is 5.54 Å². The van der Waals surface area contributed by atoms with Crippen LogP contribution in [0.1, 0.15) is 12.5 Å². The zero-order chi connectivity index (χ0) is 10.8. The molecule has 1 aromatic carbocycles. The maximum Gasteiger partial charge on any atom is 0.137 e. The minimum absolute atomic E-state index is 0.455. The van der Waals surface area contributed by atoms with Gasteiger partial charge < -0.3 is 10.5 Å². The third-order valence-corrected chi connectivity index (χ3v) is 2.28. The first-order valence-electron chi connectivity index (χ1n) is 4.05. The Balaban J connectivity index is 3.17. The van der Waals surface area contributed by atoms with Crippen LogP contribution in [0.3, 0.4) is 0 Å². The van der Waals surface area contributed by atoms with E-state index < -0.39 is 5.54 Å². The molecule has 0 aromatic heterocycles. The molecule has 0 spiro atoms. The van der Waals surface area contributed by atoms with Crippen LogP contribution in [0.5, 0.6) is 5.75 Å². The van der Waals surface area contributed by atoms with E-state index in [2.05, 4.69) is 0 Å². The van der Waals surface area contributed by atoms with E-state index in [1.165, 1.54) is 7.11 Å². The van der Waals surface area contributed by atoms with Crippen molar-refractivity contribution in [3.63, 3.8) is 0 Å². The van der Waals surface area contributed by atoms with Gasteiger partial charge in [-0.3, -0.25) is 0 Å². The van der Waals surface area contributed by atoms with Gasteiger partial charge in [-0.25, -0.2) is 0 Å². The van der Waals surface area contributed by atoms with Crippen LogP contribution in [-0.4, -0.2) is 7.11 Å². The Morgan fingerprint density at radius 3 is 2.64 bits per heavy atom. The van der Waals surface area contributed by atoms with E-state index in [0.717, 1.165) is 0 Å². The molecule has 0 aliphatic rings. The summed E-state index contributed by atoms with van der Waals surface area (Å²) in [6.45, 7) is 1.63. The van der Waals surface area contributed by atoms with Gasteiger partial charge in [0.25, 0.3) is 0 Å². The summed E-state index contributed by atoms with van der Waals surface area (Å²) in [6, 6.07) is 7.07. The summed E-state index contributed by atoms with van der Waals surface area (Å²) in [5.41, 5.74) is 5.39. The molecule has 4 heteroatoms. The second-order valence-corrected chi connectivity index (χ2v) is 3.57. The number of methoxy groups -OCH3 is 1. The van der Waals surface area contributed by atoms with E-state index in [-0.39, 0.29) is 0 Å². The van der Waals surface area contributed by atoms with Gasteiger partial charge in [-0.2, -0.15) is 5.26 Å². The number of hydrogen-bond donors (Lipinski definition) is 1. The van der Waals surface area contributed by atoms with Crippen LogP contribution in [0.2, 0.25) is 5.02 Å². The zero-order valence-electron chi connectivity index (χ0n) is 8.04. The number of rotatable bonds is 2. The van der Waals surface area contributed by atoms with Gasteiger partial charge in [-0.1, -0.05) is 17.7 Å². The fraction of sp³-hybridized carbons (Fsp3) is 0.300. The van der Waals surface area contributed by atoms with Crippen LogP contribution >= 0.6 is 11.6 Å². The highest BCUT2D eigenvalue weighted by molar-refractivity contribution is 6.32. The second-order valence-electron chi connectivity index (χ2n) is 3.16. The molecular weight excluding hydrogens is 200 g/mol. The lowest BCUT2D eigenvalue weighted by atomic mass is 9.95. The third kappa shape index (κ3) is 1.98. The number of benzene rings is 1. The summed E-state index contributed by atoms with van der Waals surface area (Å²) < 4.78 is 4.99. The van der Waals surface area contributed by atoms with Gasteiger partial charge in [0.2, 0.25) is 0 Å². The smallest absolute Gasteiger partial charge is 0.137 e. The predicted molar refractivity (Wildman–Crippen MR) is 55.2 cm³/mol. The summed E-state index contributed by atoms with van der Waals surface area (Å²) in [4.78, 5) is 0. The van der Waals surface area contributed by atoms with E-state index in [0.29, 0.717) is 16.3 Å². The normalized spacial score (nSPS) is 14.2. The lowest BCUT2D eigenvalue weighted by Crippen LogP contribution is -2.30. The molecule has 0 bridgehead atoms. The van der Waals surface area contributed by atoms with Gasteiger partial charge >= 0.3 is 0 Å². The van der Waals surface area contributed by atoms with Crippen molar-refractivity contribution in [2.24, 2.45) is 5.73 Å². The minimum atomic E-state index is -1.02. The highest BCUT2D eigenvalue weighted by atomic mass is 35.5. The molecule has 0 radical (unpaired) electrons. The monoisotopic (exact) mass is 210 g/mol. The molecule has 14 heavy (non-hydrogen) atoms. The fourth-order valence-corrected chi connectivity index (χ4v) is 1.31. The zero-order valence-corrected chi connectivity index (χ0v) is 8.80. The molecule has 0 saturated carbocycles. The number of halogens is 1. The van der Waals surface area contributed by atoms with Crippen molar-refractivity contribution in [2.75, 3.05) is 7.11 Å². The molecule has 0 unspecified atom stereocenters. The van der Waals surface area contributed by atoms with Gasteiger partial charge in [0.05, 0.1) is 18.2 Å². The largest absolute Gasteiger partial charge is 0.495 e. The summed E-state index contributed by atoms with van der Waals surface area (Å²) in [7, 11) is 1.53. The van der Waals surface area contributed by atoms with Gasteiger partial charge in [0.1, 0.15) is 11.3 Å². The summed E-state index contributed by atoms with van der Waals surface area (Å²) in [5.74, 6) is 0.573. The van der Waals surface area contributed by atoms with Gasteiger partial charge in [0.15, 0.2) is 0 Å². The molecule has 2 N–H and O–H groups in total. The van der Waals surface area contributed by atoms with Crippen molar-refractivity contribution in [1.82, 2.24) is 0 Å². The number of nitrogens with two attached hydrogens (primary N) is 1. The molecule has 0 aliphatic carbocycles. The molecule has 0 aliphatic heterocycles. The van der Waals surface area contributed by atoms with E-state index in [4.69, 9.17) is 27.3 Å². The SMILES string of the molecule is COc1ccc([C@](C)(N)C#N)cc1Cl. The Hall–Kier alpha value is -1.24. The third-order valence-electron chi connectivity index (χ3n) is 1.98. The maximum atomic E-state index is 8.82. The first kappa shape index (κ1) is 10.8. The van der Waals surface area contributed by atoms with Crippen molar-refractivity contribution < 1.29 is 4.74 Å². The molecule has 74 valence electrons. The fourth-order valence-electron chi connectivity index (χ4n) is 1.05. The quantitative estimate of drug-likeness (QED) is 0.813. The van der Waals surface area contributed by atoms with E-state index in [1.807, 2.05) is 6.07 Å². The lowest BCUT2D eigenvalue weighted by molar-refractivity contribution is 0.414. The molecule has 1 aromatic rings. The van der Waals surface area contributed by atoms with Crippen LogP contribution in [0, 0.1) is 11.3 Å². The Kier molecular flexibility index (Phi) is 3.00. The van der Waals surface area contributed by atoms with Crippen molar-refractivity contribution in [3.05, 3.63) is 28.8 Å². The second kappa shape index (κ2) is 3.87. The number of hydrogen-bond acceptors (Lipinski definition) is 3. The van der Waals surface area contributed by atoms with Gasteiger partial charge in [0, 0.05) is 0 Å². The molecular formula is C10H11ClN2O. The Bertz CT molecular complexity index is 382. The van der Waals surface area contributed by atoms with Crippen LogP contribution in [0.4, 0.5) is 0 Å². The number of ether oxygens (including phenoxy) is 1. The summed E-state index contributed by atoms with van der Waals surface area (Å²) in [6.07, 6.45) is 0. The molecule has 0 fully saturated rings. The van der Waals surface area contributed by atoms with Crippen molar-refractivity contribution in [1.29, 1.82) is 5.26 Å². The molecule has 0 saturated heterocycles. The van der Waals surface area contributed by atoms with Crippen LogP contribution in [0.25, 0.3) is 0 Å². The lowest BCUT2D eigenvalue weighted by Gasteiger charge is -2.16.